The molecule has 0 unspecified atom stereocenters. The molecule has 56 heavy (non-hydrogen) atoms. The van der Waals surface area contributed by atoms with E-state index < -0.39 is 97.1 Å². The Labute approximate surface area is 320 Å². The van der Waals surface area contributed by atoms with Crippen LogP contribution < -0.4 is 26.6 Å². The number of nitrogens with one attached hydrogen (secondary N) is 5. The van der Waals surface area contributed by atoms with Gasteiger partial charge < -0.3 is 41.5 Å². The third-order valence-electron chi connectivity index (χ3n) is 7.49. The number of carbonyl (C=O) groups excluding carboxylic acids is 7. The summed E-state index contributed by atoms with van der Waals surface area (Å²) in [4.78, 5) is 108. The first-order valence-electron chi connectivity index (χ1n) is 17.1. The van der Waals surface area contributed by atoms with Crippen LogP contribution in [0.3, 0.4) is 0 Å². The molecule has 3 rings (SSSR count). The molecule has 0 aliphatic carbocycles. The number of benzene rings is 2. The molecule has 20 nitrogen and oxygen atoms in total. The van der Waals surface area contributed by atoms with E-state index in [4.69, 9.17) is 4.74 Å². The molecule has 2 aromatic carbocycles. The van der Waals surface area contributed by atoms with Crippen LogP contribution in [0.25, 0.3) is 0 Å². The number of rotatable bonds is 19. The summed E-state index contributed by atoms with van der Waals surface area (Å²) in [7, 11) is 0. The summed E-state index contributed by atoms with van der Waals surface area (Å²) in [5, 5.41) is 39.3. The second kappa shape index (κ2) is 20.5. The van der Waals surface area contributed by atoms with Gasteiger partial charge in [-0.05, 0) is 88.6 Å². The summed E-state index contributed by atoms with van der Waals surface area (Å²) < 4.78 is 5.03. The number of imide groups is 1. The molecular weight excluding hydrogens is 736 g/mol. The van der Waals surface area contributed by atoms with Crippen molar-refractivity contribution in [1.82, 2.24) is 20.9 Å². The first kappa shape index (κ1) is 43.4. The van der Waals surface area contributed by atoms with Gasteiger partial charge in [0.05, 0.1) is 30.4 Å². The predicted molar refractivity (Wildman–Crippen MR) is 197 cm³/mol. The van der Waals surface area contributed by atoms with Crippen LogP contribution in [-0.2, 0) is 43.1 Å². The molecule has 0 saturated carbocycles. The van der Waals surface area contributed by atoms with E-state index in [1.54, 1.807) is 69.3 Å². The zero-order valence-corrected chi connectivity index (χ0v) is 30.7. The van der Waals surface area contributed by atoms with Crippen molar-refractivity contribution >= 4 is 76.2 Å². The van der Waals surface area contributed by atoms with Crippen molar-refractivity contribution in [3.05, 3.63) is 60.7 Å². The maximum Gasteiger partial charge on any atom is 0.408 e. The minimum absolute atomic E-state index is 0.0500. The Balaban J connectivity index is 1.33. The van der Waals surface area contributed by atoms with E-state index in [0.717, 1.165) is 17.1 Å². The summed E-state index contributed by atoms with van der Waals surface area (Å²) in [5.41, 5.74) is 0.847. The lowest BCUT2D eigenvalue weighted by Gasteiger charge is -2.23. The Morgan fingerprint density at radius 2 is 1.21 bits per heavy atom. The van der Waals surface area contributed by atoms with Crippen molar-refractivity contribution in [2.45, 2.75) is 58.1 Å². The number of carboxylic acids is 2. The van der Waals surface area contributed by atoms with Gasteiger partial charge in [-0.2, -0.15) is 10.2 Å². The van der Waals surface area contributed by atoms with Gasteiger partial charge in [0.1, 0.15) is 18.2 Å². The zero-order valence-electron chi connectivity index (χ0n) is 30.7. The molecule has 0 aromatic heterocycles. The molecule has 298 valence electrons. The van der Waals surface area contributed by atoms with Crippen molar-refractivity contribution in [2.75, 3.05) is 30.3 Å². The van der Waals surface area contributed by atoms with E-state index in [1.807, 2.05) is 0 Å². The van der Waals surface area contributed by atoms with E-state index in [9.17, 15) is 53.4 Å². The highest BCUT2D eigenvalue weighted by molar-refractivity contribution is 6.15. The number of aliphatic carboxylic acids is 2. The van der Waals surface area contributed by atoms with Gasteiger partial charge in [0, 0.05) is 29.9 Å². The van der Waals surface area contributed by atoms with Crippen LogP contribution >= 0.6 is 0 Å². The summed E-state index contributed by atoms with van der Waals surface area (Å²) in [5.74, 6) is -7.39. The van der Waals surface area contributed by atoms with Crippen LogP contribution in [-0.4, -0.2) is 99.9 Å². The maximum atomic E-state index is 12.3. The van der Waals surface area contributed by atoms with E-state index in [2.05, 4.69) is 36.8 Å². The standard InChI is InChI=1S/C36H42N8O12/c1-36(2,3)56-35(55)41-26(34(53)54)17-21(33(51)52)5-4-6-27(45)37-18-28(46)38-19-29(47)39-22-7-11-24(12-8-22)42-43-25-13-9-23(10-14-25)40-30(48)20-44-31(49)15-16-32(44)50/h7-16,21,26H,4-6,17-20H2,1-3H3,(H,37,45)(H,38,46)(H,39,47)(H,40,48)(H,41,55)(H,51,52)(H,53,54)/b43-42+/t21-,26+/m1/s1. The maximum absolute atomic E-state index is 12.3. The molecule has 1 aliphatic heterocycles. The number of hydrogen-bond donors (Lipinski definition) is 7. The second-order valence-corrected chi connectivity index (χ2v) is 13.2. The zero-order chi connectivity index (χ0) is 41.4. The Morgan fingerprint density at radius 3 is 1.71 bits per heavy atom. The fourth-order valence-electron chi connectivity index (χ4n) is 4.79. The van der Waals surface area contributed by atoms with Gasteiger partial charge in [0.15, 0.2) is 0 Å². The average Bonchev–Trinajstić information content (AvgIpc) is 3.43. The summed E-state index contributed by atoms with van der Waals surface area (Å²) in [6, 6.07) is 11.1. The Hall–Kier alpha value is -6.99. The summed E-state index contributed by atoms with van der Waals surface area (Å²) in [6.45, 7) is 3.48. The number of hydrogen-bond acceptors (Lipinski definition) is 12. The van der Waals surface area contributed by atoms with E-state index in [1.165, 1.54) is 0 Å². The molecule has 7 N–H and O–H groups in total. The van der Waals surface area contributed by atoms with Gasteiger partial charge >= 0.3 is 18.0 Å². The highest BCUT2D eigenvalue weighted by Gasteiger charge is 2.30. The molecule has 1 aliphatic rings. The van der Waals surface area contributed by atoms with Crippen LogP contribution in [0.2, 0.25) is 0 Å². The molecule has 0 saturated heterocycles. The molecule has 0 radical (unpaired) electrons. The molecule has 0 spiro atoms. The lowest BCUT2D eigenvalue weighted by Crippen LogP contribution is -2.45. The van der Waals surface area contributed by atoms with Crippen LogP contribution in [0.15, 0.2) is 70.9 Å². The fraction of sp³-hybridized carbons (Fsp3) is 0.361. The smallest absolute Gasteiger partial charge is 0.408 e. The van der Waals surface area contributed by atoms with Crippen molar-refractivity contribution < 1.29 is 58.1 Å². The van der Waals surface area contributed by atoms with Crippen LogP contribution in [0, 0.1) is 5.92 Å². The summed E-state index contributed by atoms with van der Waals surface area (Å²) >= 11 is 0. The average molecular weight is 779 g/mol. The molecule has 0 bridgehead atoms. The number of azo groups is 1. The van der Waals surface area contributed by atoms with Gasteiger partial charge in [-0.25, -0.2) is 9.59 Å². The lowest BCUT2D eigenvalue weighted by molar-refractivity contribution is -0.145. The minimum atomic E-state index is -1.53. The fourth-order valence-corrected chi connectivity index (χ4v) is 4.79. The molecular formula is C36H42N8O12. The number of ether oxygens (including phenoxy) is 1. The van der Waals surface area contributed by atoms with Crippen molar-refractivity contribution in [2.24, 2.45) is 16.1 Å². The Bertz CT molecular complexity index is 1850. The first-order valence-corrected chi connectivity index (χ1v) is 17.1. The topological polar surface area (TPSA) is 291 Å². The largest absolute Gasteiger partial charge is 0.481 e. The van der Waals surface area contributed by atoms with E-state index >= 15 is 0 Å². The number of nitrogens with zero attached hydrogens (tertiary/aromatic N) is 3. The van der Waals surface area contributed by atoms with Crippen LogP contribution in [0.5, 0.6) is 0 Å². The number of carbonyl (C=O) groups is 9. The number of carboxylic acid groups (broad SMARTS) is 2. The van der Waals surface area contributed by atoms with Crippen molar-refractivity contribution in [3.63, 3.8) is 0 Å². The first-order chi connectivity index (χ1) is 26.4. The Kier molecular flexibility index (Phi) is 15.9. The molecule has 7 amide bonds. The lowest BCUT2D eigenvalue weighted by atomic mass is 9.94. The highest BCUT2D eigenvalue weighted by Crippen LogP contribution is 2.22. The predicted octanol–water partition coefficient (Wildman–Crippen LogP) is 2.38. The van der Waals surface area contributed by atoms with E-state index in [0.29, 0.717) is 22.7 Å². The number of anilines is 2. The molecule has 1 heterocycles. The molecule has 20 heteroatoms. The van der Waals surface area contributed by atoms with E-state index in [-0.39, 0.29) is 19.3 Å². The van der Waals surface area contributed by atoms with Gasteiger partial charge in [0.25, 0.3) is 11.8 Å². The monoisotopic (exact) mass is 778 g/mol. The van der Waals surface area contributed by atoms with Gasteiger partial charge in [-0.15, -0.1) is 0 Å². The van der Waals surface area contributed by atoms with Crippen molar-refractivity contribution in [3.8, 4) is 0 Å². The highest BCUT2D eigenvalue weighted by atomic mass is 16.6. The molecule has 2 atom stereocenters. The third-order valence-corrected chi connectivity index (χ3v) is 7.49. The van der Waals surface area contributed by atoms with Gasteiger partial charge in [0.2, 0.25) is 23.6 Å². The van der Waals surface area contributed by atoms with Gasteiger partial charge in [-0.1, -0.05) is 0 Å². The SMILES string of the molecule is CC(C)(C)OC(=O)N[C@@H](C[C@@H](CCCC(=O)NCC(=O)NCC(=O)Nc1ccc(/N=N/c2ccc(NC(=O)CN3C(=O)C=CC3=O)cc2)cc1)C(=O)O)C(=O)O. The normalized spacial score (nSPS) is 13.4. The Morgan fingerprint density at radius 1 is 0.714 bits per heavy atom. The number of alkyl carbamates (subject to hydrolysis) is 1. The second-order valence-electron chi connectivity index (χ2n) is 13.2. The quantitative estimate of drug-likeness (QED) is 0.0799. The molecule has 0 fully saturated rings. The summed E-state index contributed by atoms with van der Waals surface area (Å²) in [6.07, 6.45) is 0.537. The molecule has 2 aromatic rings. The van der Waals surface area contributed by atoms with Crippen LogP contribution in [0.4, 0.5) is 27.5 Å². The third kappa shape index (κ3) is 15.5. The minimum Gasteiger partial charge on any atom is -0.481 e. The number of amides is 7. The van der Waals surface area contributed by atoms with Crippen LogP contribution in [0.1, 0.15) is 46.5 Å². The van der Waals surface area contributed by atoms with Crippen molar-refractivity contribution in [1.29, 1.82) is 0 Å². The van der Waals surface area contributed by atoms with Gasteiger partial charge in [-0.3, -0.25) is 38.5 Å².